The van der Waals surface area contributed by atoms with Crippen LogP contribution in [-0.2, 0) is 5.41 Å². The summed E-state index contributed by atoms with van der Waals surface area (Å²) in [5.74, 6) is 0.246. The lowest BCUT2D eigenvalue weighted by molar-refractivity contribution is 0.103. The zero-order valence-electron chi connectivity index (χ0n) is 14.8. The van der Waals surface area contributed by atoms with Gasteiger partial charge in [0.2, 0.25) is 0 Å². The van der Waals surface area contributed by atoms with Gasteiger partial charge < -0.3 is 5.11 Å². The monoisotopic (exact) mass is 330 g/mol. The predicted octanol–water partition coefficient (Wildman–Crippen LogP) is 5.59. The van der Waals surface area contributed by atoms with Crippen LogP contribution < -0.4 is 0 Å². The van der Waals surface area contributed by atoms with Gasteiger partial charge in [-0.2, -0.15) is 0 Å². The van der Waals surface area contributed by atoms with Crippen LogP contribution in [0.25, 0.3) is 11.1 Å². The summed E-state index contributed by atoms with van der Waals surface area (Å²) in [6.45, 7) is 6.47. The number of carbonyl (C=O) groups is 1. The number of hydrogen-bond donors (Lipinski definition) is 1. The van der Waals surface area contributed by atoms with Crippen molar-refractivity contribution in [3.63, 3.8) is 0 Å². The molecule has 2 heteroatoms. The highest BCUT2D eigenvalue weighted by Gasteiger charge is 2.15. The van der Waals surface area contributed by atoms with Crippen LogP contribution in [0.2, 0.25) is 0 Å². The maximum absolute atomic E-state index is 12.8. The quantitative estimate of drug-likeness (QED) is 0.636. The second-order valence-electron chi connectivity index (χ2n) is 7.28. The van der Waals surface area contributed by atoms with E-state index in [9.17, 15) is 9.90 Å². The van der Waals surface area contributed by atoms with Crippen molar-refractivity contribution in [1.82, 2.24) is 0 Å². The normalized spacial score (nSPS) is 11.3. The van der Waals surface area contributed by atoms with Crippen molar-refractivity contribution in [3.8, 4) is 16.9 Å². The van der Waals surface area contributed by atoms with E-state index in [0.29, 0.717) is 11.1 Å². The molecule has 0 aromatic heterocycles. The van der Waals surface area contributed by atoms with Crippen molar-refractivity contribution in [2.75, 3.05) is 0 Å². The van der Waals surface area contributed by atoms with Crippen LogP contribution in [0, 0.1) is 0 Å². The first kappa shape index (κ1) is 17.0. The molecule has 0 atom stereocenters. The Balaban J connectivity index is 1.90. The highest BCUT2D eigenvalue weighted by atomic mass is 16.3. The van der Waals surface area contributed by atoms with E-state index in [4.69, 9.17) is 0 Å². The number of benzene rings is 3. The van der Waals surface area contributed by atoms with Crippen LogP contribution >= 0.6 is 0 Å². The van der Waals surface area contributed by atoms with E-state index in [1.54, 1.807) is 12.1 Å². The van der Waals surface area contributed by atoms with Crippen molar-refractivity contribution in [2.24, 2.45) is 0 Å². The Kier molecular flexibility index (Phi) is 4.45. The molecule has 0 saturated heterocycles. The molecule has 3 aromatic carbocycles. The van der Waals surface area contributed by atoms with Gasteiger partial charge in [-0.25, -0.2) is 0 Å². The molecule has 126 valence electrons. The Bertz CT molecular complexity index is 883. The summed E-state index contributed by atoms with van der Waals surface area (Å²) in [7, 11) is 0. The number of phenolic OH excluding ortho intramolecular Hbond substituents is 1. The molecular weight excluding hydrogens is 308 g/mol. The van der Waals surface area contributed by atoms with E-state index in [0.717, 1.165) is 11.1 Å². The van der Waals surface area contributed by atoms with Crippen LogP contribution in [-0.4, -0.2) is 10.9 Å². The summed E-state index contributed by atoms with van der Waals surface area (Å²) < 4.78 is 0. The van der Waals surface area contributed by atoms with Crippen molar-refractivity contribution < 1.29 is 9.90 Å². The number of ketones is 1. The number of carbonyl (C=O) groups excluding carboxylic acids is 1. The van der Waals surface area contributed by atoms with E-state index in [1.165, 1.54) is 5.56 Å². The molecule has 3 aromatic rings. The van der Waals surface area contributed by atoms with Gasteiger partial charge in [0.05, 0.1) is 0 Å². The van der Waals surface area contributed by atoms with E-state index in [2.05, 4.69) is 20.8 Å². The van der Waals surface area contributed by atoms with Crippen molar-refractivity contribution in [2.45, 2.75) is 26.2 Å². The largest absolute Gasteiger partial charge is 0.508 e. The smallest absolute Gasteiger partial charge is 0.193 e. The third-order valence-corrected chi connectivity index (χ3v) is 4.34. The van der Waals surface area contributed by atoms with Gasteiger partial charge in [0.25, 0.3) is 0 Å². The molecule has 0 amide bonds. The fourth-order valence-electron chi connectivity index (χ4n) is 2.78. The first-order chi connectivity index (χ1) is 11.8. The molecule has 0 fully saturated rings. The zero-order chi connectivity index (χ0) is 18.0. The highest BCUT2D eigenvalue weighted by molar-refractivity contribution is 6.09. The Morgan fingerprint density at radius 3 is 2.00 bits per heavy atom. The zero-order valence-corrected chi connectivity index (χ0v) is 14.8. The van der Waals surface area contributed by atoms with E-state index in [-0.39, 0.29) is 16.9 Å². The molecule has 0 aliphatic carbocycles. The van der Waals surface area contributed by atoms with Gasteiger partial charge in [-0.3, -0.25) is 4.79 Å². The van der Waals surface area contributed by atoms with E-state index in [1.807, 2.05) is 60.7 Å². The third kappa shape index (κ3) is 3.80. The Labute approximate surface area is 148 Å². The Hall–Kier alpha value is -2.87. The Morgan fingerprint density at radius 2 is 1.40 bits per heavy atom. The van der Waals surface area contributed by atoms with Crippen LogP contribution in [0.15, 0.2) is 72.8 Å². The van der Waals surface area contributed by atoms with Gasteiger partial charge in [0.15, 0.2) is 5.78 Å². The molecule has 0 spiro atoms. The lowest BCUT2D eigenvalue weighted by Gasteiger charge is -2.19. The van der Waals surface area contributed by atoms with Crippen LogP contribution in [0.1, 0.15) is 42.3 Å². The molecule has 0 radical (unpaired) electrons. The predicted molar refractivity (Wildman–Crippen MR) is 102 cm³/mol. The molecule has 0 aliphatic rings. The van der Waals surface area contributed by atoms with Gasteiger partial charge >= 0.3 is 0 Å². The number of hydrogen-bond acceptors (Lipinski definition) is 2. The minimum Gasteiger partial charge on any atom is -0.508 e. The maximum Gasteiger partial charge on any atom is 0.193 e. The van der Waals surface area contributed by atoms with E-state index >= 15 is 0 Å². The average Bonchev–Trinajstić information content (AvgIpc) is 2.61. The topological polar surface area (TPSA) is 37.3 Å². The fraction of sp³-hybridized carbons (Fsp3) is 0.174. The van der Waals surface area contributed by atoms with Crippen LogP contribution in [0.3, 0.4) is 0 Å². The van der Waals surface area contributed by atoms with Crippen LogP contribution in [0.5, 0.6) is 5.75 Å². The van der Waals surface area contributed by atoms with Gasteiger partial charge in [-0.1, -0.05) is 75.4 Å². The fourth-order valence-corrected chi connectivity index (χ4v) is 2.78. The minimum absolute atomic E-state index is 0.0149. The van der Waals surface area contributed by atoms with Gasteiger partial charge in [-0.15, -0.1) is 0 Å². The number of aromatic hydroxyl groups is 1. The minimum atomic E-state index is 0.0149. The van der Waals surface area contributed by atoms with Crippen molar-refractivity contribution >= 4 is 5.78 Å². The molecule has 25 heavy (non-hydrogen) atoms. The maximum atomic E-state index is 12.8. The summed E-state index contributed by atoms with van der Waals surface area (Å²) in [5.41, 5.74) is 4.56. The molecule has 0 saturated carbocycles. The summed E-state index contributed by atoms with van der Waals surface area (Å²) >= 11 is 0. The second kappa shape index (κ2) is 6.56. The average molecular weight is 330 g/mol. The number of rotatable bonds is 3. The third-order valence-electron chi connectivity index (χ3n) is 4.34. The highest BCUT2D eigenvalue weighted by Crippen LogP contribution is 2.25. The summed E-state index contributed by atoms with van der Waals surface area (Å²) in [4.78, 5) is 12.8. The summed E-state index contributed by atoms with van der Waals surface area (Å²) in [5, 5.41) is 9.42. The van der Waals surface area contributed by atoms with Crippen molar-refractivity contribution in [1.29, 1.82) is 0 Å². The molecule has 0 unspecified atom stereocenters. The molecule has 0 bridgehead atoms. The first-order valence-electron chi connectivity index (χ1n) is 8.39. The first-order valence-corrected chi connectivity index (χ1v) is 8.39. The van der Waals surface area contributed by atoms with Crippen molar-refractivity contribution in [3.05, 3.63) is 89.5 Å². The molecule has 0 heterocycles. The summed E-state index contributed by atoms with van der Waals surface area (Å²) in [6, 6.07) is 22.4. The lowest BCUT2D eigenvalue weighted by atomic mass is 9.86. The SMILES string of the molecule is CC(C)(C)c1ccc(C(=O)c2cccc(-c3ccc(O)cc3)c2)cc1. The van der Waals surface area contributed by atoms with Gasteiger partial charge in [0.1, 0.15) is 5.75 Å². The number of phenols is 1. The molecule has 1 N–H and O–H groups in total. The Morgan fingerprint density at radius 1 is 0.760 bits per heavy atom. The lowest BCUT2D eigenvalue weighted by Crippen LogP contribution is -2.11. The molecular formula is C23H22O2. The van der Waals surface area contributed by atoms with Gasteiger partial charge in [0, 0.05) is 11.1 Å². The van der Waals surface area contributed by atoms with Crippen LogP contribution in [0.4, 0.5) is 0 Å². The van der Waals surface area contributed by atoms with E-state index < -0.39 is 0 Å². The summed E-state index contributed by atoms with van der Waals surface area (Å²) in [6.07, 6.45) is 0. The molecule has 2 nitrogen and oxygen atoms in total. The molecule has 3 rings (SSSR count). The second-order valence-corrected chi connectivity index (χ2v) is 7.28. The van der Waals surface area contributed by atoms with Gasteiger partial charge in [-0.05, 0) is 40.3 Å². The standard InChI is InChI=1S/C23H22O2/c1-23(2,3)20-11-7-17(8-12-20)22(25)19-6-4-5-18(15-19)16-9-13-21(24)14-10-16/h4-15,24H,1-3H3. The molecule has 0 aliphatic heterocycles.